The summed E-state index contributed by atoms with van der Waals surface area (Å²) in [6.07, 6.45) is 0.793. The molecule has 2 aromatic rings. The van der Waals surface area contributed by atoms with Gasteiger partial charge in [-0.2, -0.15) is 0 Å². The zero-order valence-electron chi connectivity index (χ0n) is 12.1. The molecule has 1 aromatic heterocycles. The number of carboxylic acids is 1. The molecule has 0 atom stereocenters. The van der Waals surface area contributed by atoms with E-state index in [0.717, 1.165) is 41.8 Å². The topological polar surface area (TPSA) is 53.4 Å². The van der Waals surface area contributed by atoms with Crippen LogP contribution in [-0.2, 0) is 13.0 Å². The molecule has 21 heavy (non-hydrogen) atoms. The van der Waals surface area contributed by atoms with Crippen LogP contribution in [0.2, 0.25) is 5.02 Å². The number of nitrogens with zero attached hydrogens (tertiary/aromatic N) is 2. The smallest absolute Gasteiger partial charge is 0.336 e. The molecule has 0 aliphatic carbocycles. The van der Waals surface area contributed by atoms with Crippen LogP contribution in [0.1, 0.15) is 34.1 Å². The number of halogens is 1. The van der Waals surface area contributed by atoms with E-state index in [2.05, 4.69) is 11.8 Å². The van der Waals surface area contributed by atoms with Crippen molar-refractivity contribution in [2.24, 2.45) is 0 Å². The van der Waals surface area contributed by atoms with Crippen molar-refractivity contribution >= 4 is 28.5 Å². The Kier molecular flexibility index (Phi) is 3.59. The molecule has 0 unspecified atom stereocenters. The molecule has 4 nitrogen and oxygen atoms in total. The summed E-state index contributed by atoms with van der Waals surface area (Å²) < 4.78 is 0. The van der Waals surface area contributed by atoms with Gasteiger partial charge in [0.05, 0.1) is 11.1 Å². The molecule has 0 saturated heterocycles. The molecule has 0 fully saturated rings. The van der Waals surface area contributed by atoms with Crippen molar-refractivity contribution in [2.75, 3.05) is 13.1 Å². The standard InChI is InChI=1S/C16H17ClN2O2/c1-3-19-5-4-13-12(8-19)14(16(20)21)11-7-10(17)6-9(2)15(11)18-13/h6-7H,3-5,8H2,1-2H3,(H,20,21). The second kappa shape index (κ2) is 5.28. The largest absolute Gasteiger partial charge is 0.478 e. The minimum Gasteiger partial charge on any atom is -0.478 e. The number of carbonyl (C=O) groups is 1. The van der Waals surface area contributed by atoms with Crippen molar-refractivity contribution in [1.29, 1.82) is 0 Å². The van der Waals surface area contributed by atoms with E-state index in [4.69, 9.17) is 16.6 Å². The number of hydrogen-bond acceptors (Lipinski definition) is 3. The number of likely N-dealkylation sites (N-methyl/N-ethyl adjacent to an activating group) is 1. The molecule has 5 heteroatoms. The summed E-state index contributed by atoms with van der Waals surface area (Å²) in [6, 6.07) is 3.54. The van der Waals surface area contributed by atoms with Crippen LogP contribution >= 0.6 is 11.6 Å². The molecule has 1 aliphatic heterocycles. The lowest BCUT2D eigenvalue weighted by Crippen LogP contribution is -2.32. The Morgan fingerprint density at radius 3 is 2.90 bits per heavy atom. The fourth-order valence-corrected chi connectivity index (χ4v) is 3.31. The van der Waals surface area contributed by atoms with Crippen LogP contribution in [0.25, 0.3) is 10.9 Å². The molecule has 0 amide bonds. The first kappa shape index (κ1) is 14.3. The van der Waals surface area contributed by atoms with Crippen LogP contribution in [0, 0.1) is 6.92 Å². The third kappa shape index (κ3) is 2.39. The summed E-state index contributed by atoms with van der Waals surface area (Å²) in [5, 5.41) is 10.9. The summed E-state index contributed by atoms with van der Waals surface area (Å²) in [7, 11) is 0. The number of benzene rings is 1. The third-order valence-corrected chi connectivity index (χ3v) is 4.36. The molecule has 1 aliphatic rings. The first-order valence-corrected chi connectivity index (χ1v) is 7.46. The Morgan fingerprint density at radius 1 is 1.48 bits per heavy atom. The Balaban J connectivity index is 2.35. The van der Waals surface area contributed by atoms with Crippen LogP contribution in [-0.4, -0.2) is 34.0 Å². The maximum atomic E-state index is 11.8. The van der Waals surface area contributed by atoms with Gasteiger partial charge in [0.15, 0.2) is 0 Å². The number of aromatic carboxylic acids is 1. The zero-order chi connectivity index (χ0) is 15.1. The fraction of sp³-hybridized carbons (Fsp3) is 0.375. The highest BCUT2D eigenvalue weighted by molar-refractivity contribution is 6.31. The predicted molar refractivity (Wildman–Crippen MR) is 83.1 cm³/mol. The van der Waals surface area contributed by atoms with Gasteiger partial charge < -0.3 is 5.11 Å². The van der Waals surface area contributed by atoms with Gasteiger partial charge in [-0.3, -0.25) is 9.88 Å². The first-order chi connectivity index (χ1) is 10.0. The zero-order valence-corrected chi connectivity index (χ0v) is 12.9. The second-order valence-electron chi connectivity index (χ2n) is 5.45. The van der Waals surface area contributed by atoms with Gasteiger partial charge in [0, 0.05) is 41.2 Å². The van der Waals surface area contributed by atoms with Crippen LogP contribution in [0.3, 0.4) is 0 Å². The molecule has 0 saturated carbocycles. The van der Waals surface area contributed by atoms with Gasteiger partial charge in [0.2, 0.25) is 0 Å². The van der Waals surface area contributed by atoms with Crippen molar-refractivity contribution in [3.63, 3.8) is 0 Å². The lowest BCUT2D eigenvalue weighted by atomic mass is 9.94. The van der Waals surface area contributed by atoms with Crippen molar-refractivity contribution in [3.8, 4) is 0 Å². The predicted octanol–water partition coefficient (Wildman–Crippen LogP) is 3.27. The average Bonchev–Trinajstić information content (AvgIpc) is 2.44. The molecule has 2 heterocycles. The first-order valence-electron chi connectivity index (χ1n) is 7.08. The maximum Gasteiger partial charge on any atom is 0.336 e. The van der Waals surface area contributed by atoms with E-state index in [1.807, 2.05) is 13.0 Å². The van der Waals surface area contributed by atoms with Crippen LogP contribution in [0.4, 0.5) is 0 Å². The maximum absolute atomic E-state index is 11.8. The van der Waals surface area contributed by atoms with Gasteiger partial charge in [0.1, 0.15) is 0 Å². The van der Waals surface area contributed by atoms with E-state index in [1.165, 1.54) is 0 Å². The molecular weight excluding hydrogens is 288 g/mol. The molecule has 1 N–H and O–H groups in total. The van der Waals surface area contributed by atoms with Crippen molar-refractivity contribution < 1.29 is 9.90 Å². The van der Waals surface area contributed by atoms with Crippen LogP contribution in [0.15, 0.2) is 12.1 Å². The van der Waals surface area contributed by atoms with Crippen LogP contribution in [0.5, 0.6) is 0 Å². The number of pyridine rings is 1. The van der Waals surface area contributed by atoms with Gasteiger partial charge in [-0.05, 0) is 31.2 Å². The lowest BCUT2D eigenvalue weighted by Gasteiger charge is -2.28. The Bertz CT molecular complexity index is 743. The fourth-order valence-electron chi connectivity index (χ4n) is 3.04. The van der Waals surface area contributed by atoms with E-state index in [0.29, 0.717) is 22.5 Å². The van der Waals surface area contributed by atoms with Gasteiger partial charge in [0.25, 0.3) is 0 Å². The highest BCUT2D eigenvalue weighted by Crippen LogP contribution is 2.31. The third-order valence-electron chi connectivity index (χ3n) is 4.14. The van der Waals surface area contributed by atoms with E-state index < -0.39 is 5.97 Å². The lowest BCUT2D eigenvalue weighted by molar-refractivity contribution is 0.0695. The summed E-state index contributed by atoms with van der Waals surface area (Å²) in [4.78, 5) is 18.8. The number of carboxylic acid groups (broad SMARTS) is 1. The molecule has 0 spiro atoms. The van der Waals surface area contributed by atoms with Crippen molar-refractivity contribution in [1.82, 2.24) is 9.88 Å². The van der Waals surface area contributed by atoms with Gasteiger partial charge in [-0.25, -0.2) is 4.79 Å². The van der Waals surface area contributed by atoms with E-state index in [-0.39, 0.29) is 0 Å². The van der Waals surface area contributed by atoms with Gasteiger partial charge >= 0.3 is 5.97 Å². The van der Waals surface area contributed by atoms with Crippen molar-refractivity contribution in [2.45, 2.75) is 26.8 Å². The summed E-state index contributed by atoms with van der Waals surface area (Å²) in [5.41, 5.74) is 3.78. The van der Waals surface area contributed by atoms with Gasteiger partial charge in [-0.15, -0.1) is 0 Å². The number of rotatable bonds is 2. The molecule has 110 valence electrons. The van der Waals surface area contributed by atoms with E-state index >= 15 is 0 Å². The molecule has 0 radical (unpaired) electrons. The number of aryl methyl sites for hydroxylation is 1. The Morgan fingerprint density at radius 2 is 2.24 bits per heavy atom. The molecule has 0 bridgehead atoms. The van der Waals surface area contributed by atoms with E-state index in [1.54, 1.807) is 6.07 Å². The van der Waals surface area contributed by atoms with E-state index in [9.17, 15) is 9.90 Å². The van der Waals surface area contributed by atoms with Crippen molar-refractivity contribution in [3.05, 3.63) is 39.5 Å². The average molecular weight is 305 g/mol. The Hall–Kier alpha value is -1.65. The molecule has 1 aromatic carbocycles. The monoisotopic (exact) mass is 304 g/mol. The Labute approximate surface area is 128 Å². The minimum atomic E-state index is -0.904. The quantitative estimate of drug-likeness (QED) is 0.925. The van der Waals surface area contributed by atoms with Crippen LogP contribution < -0.4 is 0 Å². The number of fused-ring (bicyclic) bond motifs is 2. The SMILES string of the molecule is CCN1CCc2nc3c(C)cc(Cl)cc3c(C(=O)O)c2C1. The number of aromatic nitrogens is 1. The van der Waals surface area contributed by atoms with Gasteiger partial charge in [-0.1, -0.05) is 18.5 Å². The summed E-state index contributed by atoms with van der Waals surface area (Å²) >= 11 is 6.11. The normalized spacial score (nSPS) is 15.2. The summed E-state index contributed by atoms with van der Waals surface area (Å²) in [6.45, 7) is 6.47. The minimum absolute atomic E-state index is 0.360. The molecule has 3 rings (SSSR count). The second-order valence-corrected chi connectivity index (χ2v) is 5.89. The number of hydrogen-bond donors (Lipinski definition) is 1. The highest BCUT2D eigenvalue weighted by Gasteiger charge is 2.25. The highest BCUT2D eigenvalue weighted by atomic mass is 35.5. The summed E-state index contributed by atoms with van der Waals surface area (Å²) in [5.74, 6) is -0.904. The molecular formula is C16H17ClN2O2.